The van der Waals surface area contributed by atoms with Crippen molar-refractivity contribution >= 4 is 23.2 Å². The molecule has 0 unspecified atom stereocenters. The molecule has 0 aliphatic carbocycles. The summed E-state index contributed by atoms with van der Waals surface area (Å²) in [6, 6.07) is 17.6. The Morgan fingerprint density at radius 3 is 2.78 bits per heavy atom. The van der Waals surface area contributed by atoms with Crippen molar-refractivity contribution in [3.63, 3.8) is 0 Å². The molecule has 3 aromatic rings. The molecule has 23 heavy (non-hydrogen) atoms. The third kappa shape index (κ3) is 3.23. The fourth-order valence-electron chi connectivity index (χ4n) is 2.11. The Labute approximate surface area is 137 Å². The molecule has 3 rings (SSSR count). The number of nitriles is 1. The lowest BCUT2D eigenvalue weighted by molar-refractivity contribution is 0.102. The molecule has 0 saturated heterocycles. The van der Waals surface area contributed by atoms with Gasteiger partial charge in [-0.3, -0.25) is 9.89 Å². The maximum absolute atomic E-state index is 12.2. The van der Waals surface area contributed by atoms with Gasteiger partial charge in [-0.15, -0.1) is 0 Å². The Hall–Kier alpha value is -3.10. The van der Waals surface area contributed by atoms with E-state index in [1.165, 1.54) is 0 Å². The van der Waals surface area contributed by atoms with Gasteiger partial charge in [-0.2, -0.15) is 10.4 Å². The third-order valence-electron chi connectivity index (χ3n) is 3.22. The summed E-state index contributed by atoms with van der Waals surface area (Å²) in [4.78, 5) is 12.2. The molecule has 1 aromatic heterocycles. The zero-order valence-electron chi connectivity index (χ0n) is 11.9. The number of amides is 1. The molecular weight excluding hydrogens is 312 g/mol. The van der Waals surface area contributed by atoms with E-state index < -0.39 is 0 Å². The van der Waals surface area contributed by atoms with Crippen LogP contribution in [0.2, 0.25) is 5.02 Å². The van der Waals surface area contributed by atoms with Crippen molar-refractivity contribution in [2.45, 2.75) is 0 Å². The number of hydrogen-bond donors (Lipinski definition) is 2. The first-order chi connectivity index (χ1) is 11.2. The third-order valence-corrected chi connectivity index (χ3v) is 3.55. The van der Waals surface area contributed by atoms with Gasteiger partial charge in [0.05, 0.1) is 22.3 Å². The van der Waals surface area contributed by atoms with Crippen LogP contribution in [0.4, 0.5) is 5.69 Å². The first kappa shape index (κ1) is 14.8. The molecule has 0 bridgehead atoms. The Bertz CT molecular complexity index is 911. The van der Waals surface area contributed by atoms with Crippen molar-refractivity contribution in [3.8, 4) is 17.3 Å². The van der Waals surface area contributed by atoms with Crippen LogP contribution in [0.15, 0.2) is 54.6 Å². The molecule has 2 aromatic carbocycles. The van der Waals surface area contributed by atoms with Gasteiger partial charge in [0.2, 0.25) is 0 Å². The van der Waals surface area contributed by atoms with Crippen LogP contribution in [-0.4, -0.2) is 16.1 Å². The predicted molar refractivity (Wildman–Crippen MR) is 88.1 cm³/mol. The van der Waals surface area contributed by atoms with Gasteiger partial charge in [0, 0.05) is 11.3 Å². The van der Waals surface area contributed by atoms with Crippen LogP contribution in [0.25, 0.3) is 11.3 Å². The quantitative estimate of drug-likeness (QED) is 0.768. The molecule has 1 heterocycles. The van der Waals surface area contributed by atoms with E-state index in [0.717, 1.165) is 5.56 Å². The molecule has 112 valence electrons. The number of aromatic nitrogens is 2. The highest BCUT2D eigenvalue weighted by atomic mass is 35.5. The lowest BCUT2D eigenvalue weighted by atomic mass is 10.1. The van der Waals surface area contributed by atoms with Crippen LogP contribution in [0.5, 0.6) is 0 Å². The minimum absolute atomic E-state index is 0.308. The number of nitrogens with one attached hydrogen (secondary N) is 2. The maximum Gasteiger partial charge on any atom is 0.273 e. The van der Waals surface area contributed by atoms with Crippen LogP contribution >= 0.6 is 11.6 Å². The molecule has 5 nitrogen and oxygen atoms in total. The average molecular weight is 323 g/mol. The van der Waals surface area contributed by atoms with Gasteiger partial charge < -0.3 is 5.32 Å². The van der Waals surface area contributed by atoms with Crippen molar-refractivity contribution < 1.29 is 4.79 Å². The van der Waals surface area contributed by atoms with Crippen LogP contribution in [0, 0.1) is 11.3 Å². The Morgan fingerprint density at radius 2 is 2.00 bits per heavy atom. The van der Waals surface area contributed by atoms with Crippen molar-refractivity contribution in [2.24, 2.45) is 0 Å². The number of carbonyl (C=O) groups is 1. The average Bonchev–Trinajstić information content (AvgIpc) is 3.05. The summed E-state index contributed by atoms with van der Waals surface area (Å²) in [7, 11) is 0. The standard InChI is InChI=1S/C17H11ClN4O/c18-14-7-2-1-6-13(14)15-9-16(22-21-15)17(23)20-12-5-3-4-11(8-12)10-19/h1-9H,(H,20,23)(H,21,22). The fraction of sp³-hybridized carbons (Fsp3) is 0. The van der Waals surface area contributed by atoms with E-state index in [9.17, 15) is 4.79 Å². The minimum atomic E-state index is -0.342. The molecule has 0 saturated carbocycles. The Balaban J connectivity index is 1.81. The number of aromatic amines is 1. The minimum Gasteiger partial charge on any atom is -0.321 e. The van der Waals surface area contributed by atoms with Gasteiger partial charge in [0.1, 0.15) is 5.69 Å². The molecule has 0 radical (unpaired) electrons. The van der Waals surface area contributed by atoms with Crippen molar-refractivity contribution in [1.29, 1.82) is 5.26 Å². The fourth-order valence-corrected chi connectivity index (χ4v) is 2.34. The van der Waals surface area contributed by atoms with E-state index in [1.54, 1.807) is 36.4 Å². The van der Waals surface area contributed by atoms with Gasteiger partial charge in [-0.1, -0.05) is 35.9 Å². The second-order valence-corrected chi connectivity index (χ2v) is 5.20. The van der Waals surface area contributed by atoms with Gasteiger partial charge >= 0.3 is 0 Å². The zero-order chi connectivity index (χ0) is 16.2. The SMILES string of the molecule is N#Cc1cccc(NC(=O)c2cc(-c3ccccc3Cl)n[nH]2)c1. The molecule has 0 aliphatic rings. The second kappa shape index (κ2) is 6.34. The number of hydrogen-bond acceptors (Lipinski definition) is 3. The summed E-state index contributed by atoms with van der Waals surface area (Å²) in [5.41, 5.74) is 2.66. The second-order valence-electron chi connectivity index (χ2n) is 4.79. The van der Waals surface area contributed by atoms with Crippen molar-refractivity contribution in [3.05, 3.63) is 70.9 Å². The number of benzene rings is 2. The summed E-state index contributed by atoms with van der Waals surface area (Å²) < 4.78 is 0. The van der Waals surface area contributed by atoms with E-state index in [4.69, 9.17) is 16.9 Å². The zero-order valence-corrected chi connectivity index (χ0v) is 12.6. The number of anilines is 1. The molecule has 0 atom stereocenters. The topological polar surface area (TPSA) is 81.6 Å². The van der Waals surface area contributed by atoms with E-state index >= 15 is 0 Å². The van der Waals surface area contributed by atoms with E-state index in [0.29, 0.717) is 27.7 Å². The normalized spacial score (nSPS) is 10.1. The maximum atomic E-state index is 12.2. The molecule has 0 spiro atoms. The molecule has 0 fully saturated rings. The van der Waals surface area contributed by atoms with E-state index in [-0.39, 0.29) is 5.91 Å². The molecule has 0 aliphatic heterocycles. The molecule has 6 heteroatoms. The van der Waals surface area contributed by atoms with Crippen LogP contribution in [0.3, 0.4) is 0 Å². The van der Waals surface area contributed by atoms with Crippen molar-refractivity contribution in [2.75, 3.05) is 5.32 Å². The summed E-state index contributed by atoms with van der Waals surface area (Å²) in [6.07, 6.45) is 0. The first-order valence-electron chi connectivity index (χ1n) is 6.79. The largest absolute Gasteiger partial charge is 0.321 e. The van der Waals surface area contributed by atoms with E-state index in [1.807, 2.05) is 24.3 Å². The molecule has 1 amide bonds. The lowest BCUT2D eigenvalue weighted by Gasteiger charge is -2.03. The predicted octanol–water partition coefficient (Wildman–Crippen LogP) is 3.85. The number of nitrogens with zero attached hydrogens (tertiary/aromatic N) is 2. The summed E-state index contributed by atoms with van der Waals surface area (Å²) >= 11 is 6.13. The monoisotopic (exact) mass is 322 g/mol. The molecular formula is C17H11ClN4O. The highest BCUT2D eigenvalue weighted by molar-refractivity contribution is 6.33. The Kier molecular flexibility index (Phi) is 4.09. The van der Waals surface area contributed by atoms with Gasteiger partial charge in [0.15, 0.2) is 0 Å². The number of rotatable bonds is 3. The lowest BCUT2D eigenvalue weighted by Crippen LogP contribution is -2.12. The van der Waals surface area contributed by atoms with Crippen LogP contribution < -0.4 is 5.32 Å². The summed E-state index contributed by atoms with van der Waals surface area (Å²) in [5, 5.41) is 19.0. The van der Waals surface area contributed by atoms with Gasteiger partial charge in [-0.05, 0) is 30.3 Å². The van der Waals surface area contributed by atoms with E-state index in [2.05, 4.69) is 15.5 Å². The van der Waals surface area contributed by atoms with Gasteiger partial charge in [-0.25, -0.2) is 0 Å². The van der Waals surface area contributed by atoms with Crippen LogP contribution in [0.1, 0.15) is 16.1 Å². The smallest absolute Gasteiger partial charge is 0.273 e. The van der Waals surface area contributed by atoms with Crippen molar-refractivity contribution in [1.82, 2.24) is 10.2 Å². The van der Waals surface area contributed by atoms with Gasteiger partial charge in [0.25, 0.3) is 5.91 Å². The highest BCUT2D eigenvalue weighted by Gasteiger charge is 2.13. The number of halogens is 1. The molecule has 2 N–H and O–H groups in total. The Morgan fingerprint density at radius 1 is 1.17 bits per heavy atom. The first-order valence-corrected chi connectivity index (χ1v) is 7.17. The summed E-state index contributed by atoms with van der Waals surface area (Å²) in [5.74, 6) is -0.342. The van der Waals surface area contributed by atoms with Crippen LogP contribution in [-0.2, 0) is 0 Å². The number of H-pyrrole nitrogens is 1. The highest BCUT2D eigenvalue weighted by Crippen LogP contribution is 2.26. The number of carbonyl (C=O) groups excluding carboxylic acids is 1. The summed E-state index contributed by atoms with van der Waals surface area (Å²) in [6.45, 7) is 0.